The number of methoxy groups -OCH3 is 1. The normalized spacial score (nSPS) is 17.9. The molecule has 0 atom stereocenters. The quantitative estimate of drug-likeness (QED) is 0.417. The van der Waals surface area contributed by atoms with Crippen molar-refractivity contribution >= 4 is 5.97 Å². The first kappa shape index (κ1) is 15.4. The Hall–Kier alpha value is -0.690. The van der Waals surface area contributed by atoms with Crippen molar-refractivity contribution in [3.8, 4) is 0 Å². The van der Waals surface area contributed by atoms with Crippen molar-refractivity contribution in [3.63, 3.8) is 0 Å². The molecule has 0 amide bonds. The lowest BCUT2D eigenvalue weighted by Gasteiger charge is -2.34. The minimum Gasteiger partial charge on any atom is -0.469 e. The van der Waals surface area contributed by atoms with Gasteiger partial charge in [0.05, 0.1) is 13.5 Å². The van der Waals surface area contributed by atoms with E-state index in [1.807, 2.05) is 0 Å². The molecule has 6 nitrogen and oxygen atoms in total. The Kier molecular flexibility index (Phi) is 7.91. The highest BCUT2D eigenvalue weighted by Gasteiger charge is 2.15. The third-order valence-corrected chi connectivity index (χ3v) is 3.25. The second-order valence-electron chi connectivity index (χ2n) is 4.55. The van der Waals surface area contributed by atoms with E-state index in [0.29, 0.717) is 13.0 Å². The van der Waals surface area contributed by atoms with Crippen molar-refractivity contribution in [2.45, 2.75) is 6.42 Å². The Balaban J connectivity index is 1.96. The first-order valence-electron chi connectivity index (χ1n) is 6.68. The number of hydrogen-bond donors (Lipinski definition) is 2. The Morgan fingerprint density at radius 2 is 1.78 bits per heavy atom. The van der Waals surface area contributed by atoms with Crippen LogP contribution in [0.2, 0.25) is 0 Å². The van der Waals surface area contributed by atoms with Crippen molar-refractivity contribution < 1.29 is 9.53 Å². The summed E-state index contributed by atoms with van der Waals surface area (Å²) >= 11 is 0. The minimum atomic E-state index is -0.155. The number of rotatable bonds is 8. The zero-order valence-electron chi connectivity index (χ0n) is 11.4. The molecule has 0 aromatic rings. The largest absolute Gasteiger partial charge is 0.469 e. The van der Waals surface area contributed by atoms with Crippen molar-refractivity contribution in [1.29, 1.82) is 0 Å². The van der Waals surface area contributed by atoms with Crippen molar-refractivity contribution in [2.75, 3.05) is 66.0 Å². The van der Waals surface area contributed by atoms with E-state index >= 15 is 0 Å². The molecule has 0 spiro atoms. The summed E-state index contributed by atoms with van der Waals surface area (Å²) in [5.41, 5.74) is 5.54. The van der Waals surface area contributed by atoms with Gasteiger partial charge < -0.3 is 15.8 Å². The molecular formula is C12H26N4O2. The second-order valence-corrected chi connectivity index (χ2v) is 4.55. The molecular weight excluding hydrogens is 232 g/mol. The summed E-state index contributed by atoms with van der Waals surface area (Å²) in [7, 11) is 1.42. The molecule has 106 valence electrons. The van der Waals surface area contributed by atoms with Gasteiger partial charge in [-0.25, -0.2) is 0 Å². The van der Waals surface area contributed by atoms with Crippen LogP contribution in [0.25, 0.3) is 0 Å². The van der Waals surface area contributed by atoms with E-state index in [0.717, 1.165) is 52.4 Å². The molecule has 0 aliphatic carbocycles. The lowest BCUT2D eigenvalue weighted by molar-refractivity contribution is -0.140. The van der Waals surface area contributed by atoms with E-state index in [9.17, 15) is 4.79 Å². The molecule has 6 heteroatoms. The maximum absolute atomic E-state index is 10.9. The average molecular weight is 258 g/mol. The minimum absolute atomic E-state index is 0.155. The molecule has 0 aromatic heterocycles. The third-order valence-electron chi connectivity index (χ3n) is 3.25. The molecule has 1 aliphatic rings. The maximum atomic E-state index is 10.9. The fourth-order valence-electron chi connectivity index (χ4n) is 2.07. The zero-order valence-corrected chi connectivity index (χ0v) is 11.4. The smallest absolute Gasteiger partial charge is 0.306 e. The fraction of sp³-hybridized carbons (Fsp3) is 0.917. The van der Waals surface area contributed by atoms with Gasteiger partial charge in [-0.2, -0.15) is 0 Å². The first-order valence-corrected chi connectivity index (χ1v) is 6.68. The molecule has 0 unspecified atom stereocenters. The Morgan fingerprint density at radius 1 is 1.17 bits per heavy atom. The third kappa shape index (κ3) is 6.30. The predicted octanol–water partition coefficient (Wildman–Crippen LogP) is -1.28. The van der Waals surface area contributed by atoms with Crippen LogP contribution in [0.3, 0.4) is 0 Å². The van der Waals surface area contributed by atoms with Crippen LogP contribution < -0.4 is 11.1 Å². The summed E-state index contributed by atoms with van der Waals surface area (Å²) in [5.74, 6) is -0.155. The lowest BCUT2D eigenvalue weighted by Crippen LogP contribution is -2.49. The summed E-state index contributed by atoms with van der Waals surface area (Å²) in [6.07, 6.45) is 0.445. The SMILES string of the molecule is COC(=O)CCNCCN1CCN(CCN)CC1. The number of nitrogens with one attached hydrogen (secondary N) is 1. The van der Waals surface area contributed by atoms with E-state index < -0.39 is 0 Å². The van der Waals surface area contributed by atoms with Crippen LogP contribution in [0.5, 0.6) is 0 Å². The highest BCUT2D eigenvalue weighted by molar-refractivity contribution is 5.69. The highest BCUT2D eigenvalue weighted by atomic mass is 16.5. The Bertz CT molecular complexity index is 230. The summed E-state index contributed by atoms with van der Waals surface area (Å²) in [6, 6.07) is 0. The number of carbonyl (C=O) groups is 1. The van der Waals surface area contributed by atoms with Gasteiger partial charge in [0, 0.05) is 58.9 Å². The van der Waals surface area contributed by atoms with Gasteiger partial charge >= 0.3 is 5.97 Å². The summed E-state index contributed by atoms with van der Waals surface area (Å²) in [6.45, 7) is 8.85. The van der Waals surface area contributed by atoms with E-state index in [2.05, 4.69) is 19.9 Å². The summed E-state index contributed by atoms with van der Waals surface area (Å²) in [4.78, 5) is 15.7. The molecule has 0 saturated carbocycles. The number of piperazine rings is 1. The molecule has 1 aliphatic heterocycles. The number of ether oxygens (including phenoxy) is 1. The van der Waals surface area contributed by atoms with Gasteiger partial charge in [-0.05, 0) is 0 Å². The van der Waals surface area contributed by atoms with Gasteiger partial charge in [0.15, 0.2) is 0 Å². The van der Waals surface area contributed by atoms with Gasteiger partial charge in [-0.1, -0.05) is 0 Å². The Morgan fingerprint density at radius 3 is 2.33 bits per heavy atom. The van der Waals surface area contributed by atoms with Crippen LogP contribution in [0, 0.1) is 0 Å². The van der Waals surface area contributed by atoms with Crippen LogP contribution in [0.15, 0.2) is 0 Å². The molecule has 18 heavy (non-hydrogen) atoms. The molecule has 0 radical (unpaired) electrons. The molecule has 1 rings (SSSR count). The topological polar surface area (TPSA) is 70.8 Å². The van der Waals surface area contributed by atoms with Crippen LogP contribution in [-0.4, -0.2) is 81.8 Å². The zero-order chi connectivity index (χ0) is 13.2. The number of esters is 1. The first-order chi connectivity index (χ1) is 8.76. The summed E-state index contributed by atoms with van der Waals surface area (Å²) in [5, 5.41) is 3.26. The van der Waals surface area contributed by atoms with Crippen molar-refractivity contribution in [1.82, 2.24) is 15.1 Å². The fourth-order valence-corrected chi connectivity index (χ4v) is 2.07. The second kappa shape index (κ2) is 9.27. The molecule has 1 heterocycles. The van der Waals surface area contributed by atoms with E-state index in [-0.39, 0.29) is 5.97 Å². The van der Waals surface area contributed by atoms with Crippen LogP contribution in [0.1, 0.15) is 6.42 Å². The standard InChI is InChI=1S/C12H26N4O2/c1-18-12(17)2-4-14-5-7-16-10-8-15(6-3-13)9-11-16/h14H,2-11,13H2,1H3. The number of nitrogens with zero attached hydrogens (tertiary/aromatic N) is 2. The number of hydrogen-bond acceptors (Lipinski definition) is 6. The maximum Gasteiger partial charge on any atom is 0.306 e. The lowest BCUT2D eigenvalue weighted by atomic mass is 10.3. The molecule has 1 fully saturated rings. The van der Waals surface area contributed by atoms with E-state index in [1.165, 1.54) is 7.11 Å². The molecule has 1 saturated heterocycles. The molecule has 3 N–H and O–H groups in total. The van der Waals surface area contributed by atoms with Crippen molar-refractivity contribution in [3.05, 3.63) is 0 Å². The van der Waals surface area contributed by atoms with Crippen LogP contribution in [0.4, 0.5) is 0 Å². The van der Waals surface area contributed by atoms with Crippen LogP contribution in [-0.2, 0) is 9.53 Å². The van der Waals surface area contributed by atoms with Gasteiger partial charge in [0.2, 0.25) is 0 Å². The number of carbonyl (C=O) groups excluding carboxylic acids is 1. The van der Waals surface area contributed by atoms with Gasteiger partial charge in [0.1, 0.15) is 0 Å². The van der Waals surface area contributed by atoms with Gasteiger partial charge in [0.25, 0.3) is 0 Å². The van der Waals surface area contributed by atoms with E-state index in [4.69, 9.17) is 5.73 Å². The molecule has 0 bridgehead atoms. The van der Waals surface area contributed by atoms with Crippen molar-refractivity contribution in [2.24, 2.45) is 5.73 Å². The molecule has 0 aromatic carbocycles. The average Bonchev–Trinajstić information content (AvgIpc) is 2.40. The highest BCUT2D eigenvalue weighted by Crippen LogP contribution is 1.99. The Labute approximate surface area is 109 Å². The predicted molar refractivity (Wildman–Crippen MR) is 71.4 cm³/mol. The van der Waals surface area contributed by atoms with Gasteiger partial charge in [-0.3, -0.25) is 14.6 Å². The van der Waals surface area contributed by atoms with Crippen LogP contribution >= 0.6 is 0 Å². The monoisotopic (exact) mass is 258 g/mol. The van der Waals surface area contributed by atoms with Gasteiger partial charge in [-0.15, -0.1) is 0 Å². The number of nitrogens with two attached hydrogens (primary N) is 1. The summed E-state index contributed by atoms with van der Waals surface area (Å²) < 4.78 is 4.58. The van der Waals surface area contributed by atoms with E-state index in [1.54, 1.807) is 0 Å².